The summed E-state index contributed by atoms with van der Waals surface area (Å²) in [4.78, 5) is 9.58. The number of allylic oxidation sites excluding steroid dienone is 2. The topological polar surface area (TPSA) is 37.3 Å². The van der Waals surface area contributed by atoms with Gasteiger partial charge in [0.25, 0.3) is 0 Å². The molecule has 5 heteroatoms. The predicted molar refractivity (Wildman–Crippen MR) is 98.9 cm³/mol. The molecule has 2 rings (SSSR count). The van der Waals surface area contributed by atoms with Crippen molar-refractivity contribution in [1.29, 1.82) is 0 Å². The first kappa shape index (κ1) is 16.5. The van der Waals surface area contributed by atoms with Gasteiger partial charge in [0, 0.05) is 28.9 Å². The SMILES string of the molecule is C=C/C(=C(\N=C)c1ccc(Cl)cc1)c1cnc(NCCC)s1. The molecule has 1 N–H and O–H groups in total. The monoisotopic (exact) mass is 331 g/mol. The van der Waals surface area contributed by atoms with Crippen LogP contribution in [0.25, 0.3) is 11.3 Å². The highest BCUT2D eigenvalue weighted by Crippen LogP contribution is 2.33. The molecule has 114 valence electrons. The molecule has 2 aromatic rings. The Balaban J connectivity index is 2.42. The summed E-state index contributed by atoms with van der Waals surface area (Å²) < 4.78 is 0. The lowest BCUT2D eigenvalue weighted by atomic mass is 10.1. The molecule has 0 unspecified atom stereocenters. The molecule has 0 bridgehead atoms. The van der Waals surface area contributed by atoms with Crippen LogP contribution in [-0.4, -0.2) is 18.2 Å². The summed E-state index contributed by atoms with van der Waals surface area (Å²) in [6, 6.07) is 7.52. The molecule has 3 nitrogen and oxygen atoms in total. The Morgan fingerprint density at radius 3 is 2.73 bits per heavy atom. The molecule has 0 atom stereocenters. The molecule has 0 spiro atoms. The summed E-state index contributed by atoms with van der Waals surface area (Å²) in [5.74, 6) is 0. The van der Waals surface area contributed by atoms with Crippen molar-refractivity contribution < 1.29 is 0 Å². The normalized spacial score (nSPS) is 11.7. The summed E-state index contributed by atoms with van der Waals surface area (Å²) in [5, 5.41) is 4.87. The molecule has 0 aliphatic rings. The van der Waals surface area contributed by atoms with E-state index in [0.29, 0.717) is 5.02 Å². The zero-order valence-corrected chi connectivity index (χ0v) is 14.0. The Morgan fingerprint density at radius 2 is 2.14 bits per heavy atom. The van der Waals surface area contributed by atoms with Crippen molar-refractivity contribution in [2.45, 2.75) is 13.3 Å². The molecule has 0 amide bonds. The summed E-state index contributed by atoms with van der Waals surface area (Å²) in [6.45, 7) is 10.6. The van der Waals surface area contributed by atoms with Crippen molar-refractivity contribution in [3.05, 3.63) is 58.6 Å². The van der Waals surface area contributed by atoms with Gasteiger partial charge in [-0.25, -0.2) is 4.98 Å². The predicted octanol–water partition coefficient (Wildman–Crippen LogP) is 5.37. The first-order valence-electron chi connectivity index (χ1n) is 6.99. The molecule has 0 radical (unpaired) electrons. The van der Waals surface area contributed by atoms with E-state index in [9.17, 15) is 0 Å². The highest BCUT2D eigenvalue weighted by molar-refractivity contribution is 7.16. The second-order valence-electron chi connectivity index (χ2n) is 4.59. The van der Waals surface area contributed by atoms with Crippen LogP contribution in [0, 0.1) is 0 Å². The first-order valence-corrected chi connectivity index (χ1v) is 8.18. The van der Waals surface area contributed by atoms with Crippen LogP contribution in [0.3, 0.4) is 0 Å². The van der Waals surface area contributed by atoms with Crippen molar-refractivity contribution in [2.75, 3.05) is 11.9 Å². The number of benzene rings is 1. The minimum Gasteiger partial charge on any atom is -0.362 e. The third kappa shape index (κ3) is 3.84. The second kappa shape index (κ2) is 7.92. The fourth-order valence-corrected chi connectivity index (χ4v) is 2.98. The lowest BCUT2D eigenvalue weighted by molar-refractivity contribution is 0.976. The average molecular weight is 332 g/mol. The van der Waals surface area contributed by atoms with Gasteiger partial charge in [-0.1, -0.05) is 54.6 Å². The Hall–Kier alpha value is -1.91. The maximum Gasteiger partial charge on any atom is 0.183 e. The molecule has 1 aromatic carbocycles. The van der Waals surface area contributed by atoms with E-state index in [0.717, 1.165) is 39.8 Å². The molecule has 0 aliphatic heterocycles. The number of rotatable bonds is 7. The molecule has 0 saturated heterocycles. The molecule has 1 heterocycles. The van der Waals surface area contributed by atoms with Crippen LogP contribution in [-0.2, 0) is 0 Å². The minimum absolute atomic E-state index is 0.691. The first-order chi connectivity index (χ1) is 10.7. The number of halogens is 1. The molecule has 0 saturated carbocycles. The highest BCUT2D eigenvalue weighted by Gasteiger charge is 2.11. The van der Waals surface area contributed by atoms with Gasteiger partial charge in [0.15, 0.2) is 5.13 Å². The van der Waals surface area contributed by atoms with Gasteiger partial charge in [-0.05, 0) is 25.3 Å². The highest BCUT2D eigenvalue weighted by atomic mass is 35.5. The Kier molecular flexibility index (Phi) is 5.92. The van der Waals surface area contributed by atoms with Crippen LogP contribution >= 0.6 is 22.9 Å². The average Bonchev–Trinajstić information content (AvgIpc) is 3.00. The molecular weight excluding hydrogens is 314 g/mol. The number of nitrogens with zero attached hydrogens (tertiary/aromatic N) is 2. The zero-order valence-electron chi connectivity index (χ0n) is 12.5. The summed E-state index contributed by atoms with van der Waals surface area (Å²) in [7, 11) is 0. The molecule has 0 aliphatic carbocycles. The number of hydrogen-bond donors (Lipinski definition) is 1. The lowest BCUT2D eigenvalue weighted by Crippen LogP contribution is -1.97. The second-order valence-corrected chi connectivity index (χ2v) is 6.05. The Morgan fingerprint density at radius 1 is 1.41 bits per heavy atom. The maximum atomic E-state index is 5.94. The van der Waals surface area contributed by atoms with Gasteiger partial charge in [0.1, 0.15) is 0 Å². The van der Waals surface area contributed by atoms with Gasteiger partial charge in [0.05, 0.1) is 10.6 Å². The van der Waals surface area contributed by atoms with E-state index < -0.39 is 0 Å². The fraction of sp³-hybridized carbons (Fsp3) is 0.176. The minimum atomic E-state index is 0.691. The van der Waals surface area contributed by atoms with E-state index in [1.54, 1.807) is 17.4 Å². The molecule has 1 aromatic heterocycles. The Labute approximate surface area is 140 Å². The van der Waals surface area contributed by atoms with Gasteiger partial charge in [-0.15, -0.1) is 0 Å². The van der Waals surface area contributed by atoms with Gasteiger partial charge >= 0.3 is 0 Å². The standard InChI is InChI=1S/C17H18ClN3S/c1-4-10-20-17-21-11-15(22-17)14(5-2)16(19-3)12-6-8-13(18)9-7-12/h5-9,11H,2-4,10H2,1H3,(H,20,21)/b16-14+. The van der Waals surface area contributed by atoms with Gasteiger partial charge in [-0.3, -0.25) is 4.99 Å². The van der Waals surface area contributed by atoms with E-state index in [1.807, 2.05) is 30.5 Å². The molecule has 22 heavy (non-hydrogen) atoms. The zero-order chi connectivity index (χ0) is 15.9. The van der Waals surface area contributed by atoms with Crippen LogP contribution in [0.4, 0.5) is 5.13 Å². The number of nitrogens with one attached hydrogen (secondary N) is 1. The maximum absolute atomic E-state index is 5.94. The number of hydrogen-bond acceptors (Lipinski definition) is 4. The quantitative estimate of drug-likeness (QED) is 0.546. The van der Waals surface area contributed by atoms with E-state index in [2.05, 4.69) is 35.5 Å². The number of thiazole rings is 1. The van der Waals surface area contributed by atoms with Gasteiger partial charge in [-0.2, -0.15) is 0 Å². The van der Waals surface area contributed by atoms with Crippen LogP contribution < -0.4 is 5.32 Å². The van der Waals surface area contributed by atoms with Crippen molar-refractivity contribution in [2.24, 2.45) is 4.99 Å². The van der Waals surface area contributed by atoms with Gasteiger partial charge < -0.3 is 5.32 Å². The summed E-state index contributed by atoms with van der Waals surface area (Å²) >= 11 is 7.53. The van der Waals surface area contributed by atoms with Gasteiger partial charge in [0.2, 0.25) is 0 Å². The van der Waals surface area contributed by atoms with Crippen molar-refractivity contribution in [1.82, 2.24) is 4.98 Å². The number of anilines is 1. The third-order valence-corrected chi connectivity index (χ3v) is 4.27. The van der Waals surface area contributed by atoms with Crippen molar-refractivity contribution in [3.8, 4) is 0 Å². The van der Waals surface area contributed by atoms with E-state index >= 15 is 0 Å². The Bertz CT molecular complexity index is 686. The molecular formula is C17H18ClN3S. The number of aliphatic imine (C=N–C) groups is 1. The third-order valence-electron chi connectivity index (χ3n) is 3.03. The van der Waals surface area contributed by atoms with Crippen LogP contribution in [0.1, 0.15) is 23.8 Å². The van der Waals surface area contributed by atoms with E-state index in [-0.39, 0.29) is 0 Å². The van der Waals surface area contributed by atoms with Crippen molar-refractivity contribution >= 4 is 46.1 Å². The lowest BCUT2D eigenvalue weighted by Gasteiger charge is -2.07. The van der Waals surface area contributed by atoms with E-state index in [1.165, 1.54) is 0 Å². The number of aromatic nitrogens is 1. The largest absolute Gasteiger partial charge is 0.362 e. The molecule has 0 fully saturated rings. The van der Waals surface area contributed by atoms with Crippen LogP contribution in [0.5, 0.6) is 0 Å². The fourth-order valence-electron chi connectivity index (χ4n) is 1.97. The summed E-state index contributed by atoms with van der Waals surface area (Å²) in [6.07, 6.45) is 4.68. The smallest absolute Gasteiger partial charge is 0.183 e. The van der Waals surface area contributed by atoms with Crippen LogP contribution in [0.2, 0.25) is 5.02 Å². The van der Waals surface area contributed by atoms with Crippen LogP contribution in [0.15, 0.2) is 48.1 Å². The van der Waals surface area contributed by atoms with E-state index in [4.69, 9.17) is 11.6 Å². The van der Waals surface area contributed by atoms with Crippen molar-refractivity contribution in [3.63, 3.8) is 0 Å². The summed E-state index contributed by atoms with van der Waals surface area (Å²) in [5.41, 5.74) is 2.64.